The predicted molar refractivity (Wildman–Crippen MR) is 74.8 cm³/mol. The molecule has 0 spiro atoms. The number of nitrogens with zero attached hydrogens (tertiary/aromatic N) is 3. The quantitative estimate of drug-likeness (QED) is 0.864. The molecular weight excluding hydrogens is 254 g/mol. The summed E-state index contributed by atoms with van der Waals surface area (Å²) in [6.07, 6.45) is 5.44. The van der Waals surface area contributed by atoms with Crippen molar-refractivity contribution in [2.75, 3.05) is 13.2 Å². The van der Waals surface area contributed by atoms with Crippen LogP contribution in [0.5, 0.6) is 5.75 Å². The maximum atomic E-state index is 8.80. The Morgan fingerprint density at radius 3 is 3.15 bits per heavy atom. The van der Waals surface area contributed by atoms with Crippen LogP contribution in [-0.2, 0) is 25.8 Å². The minimum absolute atomic E-state index is 0.198. The van der Waals surface area contributed by atoms with E-state index in [4.69, 9.17) is 9.84 Å². The standard InChI is InChI=1S/C15H19N3O2/c19-8-1-2-14-11-18(17-16-14)7-5-12-3-4-15-13(10-12)6-9-20-15/h3-4,10-11,19H,1-2,5-9H2. The highest BCUT2D eigenvalue weighted by atomic mass is 16.5. The van der Waals surface area contributed by atoms with Gasteiger partial charge in [0.1, 0.15) is 5.75 Å². The van der Waals surface area contributed by atoms with Gasteiger partial charge in [-0.2, -0.15) is 0 Å². The summed E-state index contributed by atoms with van der Waals surface area (Å²) in [6, 6.07) is 6.41. The van der Waals surface area contributed by atoms with Crippen molar-refractivity contribution in [1.29, 1.82) is 0 Å². The Morgan fingerprint density at radius 1 is 1.30 bits per heavy atom. The number of rotatable bonds is 6. The highest BCUT2D eigenvalue weighted by Crippen LogP contribution is 2.26. The van der Waals surface area contributed by atoms with Crippen molar-refractivity contribution in [2.45, 2.75) is 32.2 Å². The monoisotopic (exact) mass is 273 g/mol. The molecule has 2 aromatic rings. The summed E-state index contributed by atoms with van der Waals surface area (Å²) in [7, 11) is 0. The molecule has 0 radical (unpaired) electrons. The first-order valence-corrected chi connectivity index (χ1v) is 7.09. The van der Waals surface area contributed by atoms with Crippen LogP contribution < -0.4 is 4.74 Å². The van der Waals surface area contributed by atoms with E-state index in [1.54, 1.807) is 0 Å². The lowest BCUT2D eigenvalue weighted by atomic mass is 10.1. The van der Waals surface area contributed by atoms with Crippen LogP contribution in [0.3, 0.4) is 0 Å². The molecule has 2 heterocycles. The number of aliphatic hydroxyl groups excluding tert-OH is 1. The fraction of sp³-hybridized carbons (Fsp3) is 0.467. The molecule has 1 N–H and O–H groups in total. The minimum Gasteiger partial charge on any atom is -0.493 e. The molecule has 0 aliphatic carbocycles. The number of hydrogen-bond donors (Lipinski definition) is 1. The lowest BCUT2D eigenvalue weighted by molar-refractivity contribution is 0.288. The summed E-state index contributed by atoms with van der Waals surface area (Å²) in [5.41, 5.74) is 3.56. The third kappa shape index (κ3) is 2.99. The zero-order valence-corrected chi connectivity index (χ0v) is 11.5. The molecule has 0 bridgehead atoms. The Bertz CT molecular complexity index is 580. The molecule has 0 atom stereocenters. The number of fused-ring (bicyclic) bond motifs is 1. The average Bonchev–Trinajstić information content (AvgIpc) is 3.11. The fourth-order valence-electron chi connectivity index (χ4n) is 2.46. The Hall–Kier alpha value is -1.88. The molecule has 106 valence electrons. The van der Waals surface area contributed by atoms with Gasteiger partial charge >= 0.3 is 0 Å². The maximum Gasteiger partial charge on any atom is 0.122 e. The second-order valence-corrected chi connectivity index (χ2v) is 5.09. The van der Waals surface area contributed by atoms with E-state index >= 15 is 0 Å². The summed E-state index contributed by atoms with van der Waals surface area (Å²) in [5, 5.41) is 17.0. The van der Waals surface area contributed by atoms with Crippen LogP contribution in [0.25, 0.3) is 0 Å². The topological polar surface area (TPSA) is 60.2 Å². The smallest absolute Gasteiger partial charge is 0.122 e. The van der Waals surface area contributed by atoms with Crippen molar-refractivity contribution in [2.24, 2.45) is 0 Å². The van der Waals surface area contributed by atoms with Gasteiger partial charge in [0.2, 0.25) is 0 Å². The van der Waals surface area contributed by atoms with Crippen molar-refractivity contribution < 1.29 is 9.84 Å². The second-order valence-electron chi connectivity index (χ2n) is 5.09. The van der Waals surface area contributed by atoms with Gasteiger partial charge in [0.05, 0.1) is 12.3 Å². The summed E-state index contributed by atoms with van der Waals surface area (Å²) >= 11 is 0. The van der Waals surface area contributed by atoms with Gasteiger partial charge in [0, 0.05) is 25.8 Å². The number of aryl methyl sites for hydroxylation is 3. The van der Waals surface area contributed by atoms with Gasteiger partial charge < -0.3 is 9.84 Å². The van der Waals surface area contributed by atoms with Crippen molar-refractivity contribution in [1.82, 2.24) is 15.0 Å². The first kappa shape index (κ1) is 13.1. The number of aromatic nitrogens is 3. The van der Waals surface area contributed by atoms with E-state index in [9.17, 15) is 0 Å². The van der Waals surface area contributed by atoms with E-state index < -0.39 is 0 Å². The third-order valence-electron chi connectivity index (χ3n) is 3.56. The maximum absolute atomic E-state index is 8.80. The van der Waals surface area contributed by atoms with Gasteiger partial charge in [0.25, 0.3) is 0 Å². The molecular formula is C15H19N3O2. The second kappa shape index (κ2) is 6.05. The predicted octanol–water partition coefficient (Wildman–Crippen LogP) is 1.38. The summed E-state index contributed by atoms with van der Waals surface area (Å²) in [4.78, 5) is 0. The van der Waals surface area contributed by atoms with E-state index in [0.717, 1.165) is 50.3 Å². The van der Waals surface area contributed by atoms with Crippen molar-refractivity contribution in [3.05, 3.63) is 41.2 Å². The SMILES string of the molecule is OCCCc1cn(CCc2ccc3c(c2)CCO3)nn1. The lowest BCUT2D eigenvalue weighted by Crippen LogP contribution is -2.02. The van der Waals surface area contributed by atoms with Crippen LogP contribution in [0.2, 0.25) is 0 Å². The zero-order valence-electron chi connectivity index (χ0n) is 11.5. The Morgan fingerprint density at radius 2 is 2.25 bits per heavy atom. The van der Waals surface area contributed by atoms with Crippen LogP contribution in [0.1, 0.15) is 23.2 Å². The van der Waals surface area contributed by atoms with E-state index in [1.165, 1.54) is 11.1 Å². The Labute approximate surface area is 118 Å². The molecule has 0 amide bonds. The normalized spacial score (nSPS) is 13.2. The fourth-order valence-corrected chi connectivity index (χ4v) is 2.46. The number of hydrogen-bond acceptors (Lipinski definition) is 4. The molecule has 1 aliphatic rings. The minimum atomic E-state index is 0.198. The van der Waals surface area contributed by atoms with Crippen molar-refractivity contribution in [3.63, 3.8) is 0 Å². The largest absolute Gasteiger partial charge is 0.493 e. The van der Waals surface area contributed by atoms with Crippen molar-refractivity contribution >= 4 is 0 Å². The molecule has 0 fully saturated rings. The van der Waals surface area contributed by atoms with Crippen LogP contribution in [0, 0.1) is 0 Å². The van der Waals surface area contributed by atoms with Gasteiger partial charge in [-0.1, -0.05) is 17.3 Å². The molecule has 1 aromatic carbocycles. The van der Waals surface area contributed by atoms with E-state index in [-0.39, 0.29) is 6.61 Å². The van der Waals surface area contributed by atoms with Crippen LogP contribution in [0.15, 0.2) is 24.4 Å². The average molecular weight is 273 g/mol. The van der Waals surface area contributed by atoms with Crippen LogP contribution >= 0.6 is 0 Å². The van der Waals surface area contributed by atoms with Gasteiger partial charge in [0.15, 0.2) is 0 Å². The molecule has 5 heteroatoms. The van der Waals surface area contributed by atoms with E-state index in [0.29, 0.717) is 0 Å². The highest BCUT2D eigenvalue weighted by Gasteiger charge is 2.11. The van der Waals surface area contributed by atoms with E-state index in [2.05, 4.69) is 28.5 Å². The Balaban J connectivity index is 1.57. The highest BCUT2D eigenvalue weighted by molar-refractivity contribution is 5.39. The zero-order chi connectivity index (χ0) is 13.8. The first-order chi connectivity index (χ1) is 9.85. The van der Waals surface area contributed by atoms with Gasteiger partial charge in [-0.05, 0) is 36.5 Å². The molecule has 1 aromatic heterocycles. The lowest BCUT2D eigenvalue weighted by Gasteiger charge is -2.04. The summed E-state index contributed by atoms with van der Waals surface area (Å²) < 4.78 is 7.38. The summed E-state index contributed by atoms with van der Waals surface area (Å²) in [5.74, 6) is 1.03. The molecule has 0 saturated heterocycles. The first-order valence-electron chi connectivity index (χ1n) is 7.09. The Kier molecular flexibility index (Phi) is 3.97. The molecule has 0 unspecified atom stereocenters. The third-order valence-corrected chi connectivity index (χ3v) is 3.56. The molecule has 5 nitrogen and oxygen atoms in total. The van der Waals surface area contributed by atoms with Gasteiger partial charge in [-0.15, -0.1) is 5.10 Å². The van der Waals surface area contributed by atoms with Gasteiger partial charge in [-0.3, -0.25) is 4.68 Å². The van der Waals surface area contributed by atoms with Crippen LogP contribution in [-0.4, -0.2) is 33.3 Å². The van der Waals surface area contributed by atoms with Gasteiger partial charge in [-0.25, -0.2) is 0 Å². The van der Waals surface area contributed by atoms with Crippen LogP contribution in [0.4, 0.5) is 0 Å². The number of benzene rings is 1. The molecule has 0 saturated carbocycles. The van der Waals surface area contributed by atoms with E-state index in [1.807, 2.05) is 10.9 Å². The number of ether oxygens (including phenoxy) is 1. The molecule has 1 aliphatic heterocycles. The molecule has 3 rings (SSSR count). The van der Waals surface area contributed by atoms with Crippen molar-refractivity contribution in [3.8, 4) is 5.75 Å². The number of aliphatic hydroxyl groups is 1. The summed E-state index contributed by atoms with van der Waals surface area (Å²) in [6.45, 7) is 1.83. The molecule has 20 heavy (non-hydrogen) atoms.